The molecule has 5 rings (SSSR count). The number of hydrogen-bond acceptors (Lipinski definition) is 5. The maximum atomic E-state index is 12.1. The molecule has 0 aromatic heterocycles. The normalized spacial score (nSPS) is 10.5. The molecule has 5 nitrogen and oxygen atoms in total. The summed E-state index contributed by atoms with van der Waals surface area (Å²) in [6, 6.07) is 38.2. The zero-order chi connectivity index (χ0) is 25.5. The van der Waals surface area contributed by atoms with Crippen LogP contribution in [0.3, 0.4) is 0 Å². The molecule has 180 valence electrons. The van der Waals surface area contributed by atoms with E-state index in [-0.39, 0.29) is 0 Å². The van der Waals surface area contributed by atoms with Gasteiger partial charge in [-0.1, -0.05) is 42.5 Å². The van der Waals surface area contributed by atoms with Gasteiger partial charge in [-0.05, 0) is 101 Å². The topological polar surface area (TPSA) is 121 Å². The second kappa shape index (κ2) is 11.3. The number of nitrogen functional groups attached to an aromatic ring is 4. The molecule has 0 aliphatic heterocycles. The highest BCUT2D eigenvalue weighted by Crippen LogP contribution is 2.28. The van der Waals surface area contributed by atoms with Gasteiger partial charge in [-0.3, -0.25) is 0 Å². The van der Waals surface area contributed by atoms with Crippen LogP contribution in [0.15, 0.2) is 131 Å². The Labute approximate surface area is 213 Å². The predicted octanol–water partition coefficient (Wildman–Crippen LogP) is 6.20. The first-order valence-electron chi connectivity index (χ1n) is 11.3. The molecule has 0 heterocycles. The van der Waals surface area contributed by atoms with Crippen molar-refractivity contribution in [1.29, 1.82) is 0 Å². The lowest BCUT2D eigenvalue weighted by molar-refractivity contribution is 0.683. The fraction of sp³-hybridized carbons (Fsp3) is 0. The molecule has 0 atom stereocenters. The molecule has 6 heteroatoms. The van der Waals surface area contributed by atoms with Crippen molar-refractivity contribution in [3.05, 3.63) is 121 Å². The number of rotatable bonds is 4. The smallest absolute Gasteiger partial charge is 0.0849 e. The molecule has 0 saturated heterocycles. The van der Waals surface area contributed by atoms with Gasteiger partial charge in [-0.25, -0.2) is 4.21 Å². The fourth-order valence-corrected chi connectivity index (χ4v) is 4.67. The first-order valence-corrected chi connectivity index (χ1v) is 12.5. The van der Waals surface area contributed by atoms with Crippen LogP contribution >= 0.6 is 0 Å². The second-order valence-corrected chi connectivity index (χ2v) is 9.72. The highest BCUT2D eigenvalue weighted by atomic mass is 32.2. The van der Waals surface area contributed by atoms with Crippen molar-refractivity contribution in [3.63, 3.8) is 0 Å². The van der Waals surface area contributed by atoms with E-state index in [0.29, 0.717) is 11.4 Å². The third kappa shape index (κ3) is 6.31. The van der Waals surface area contributed by atoms with Crippen molar-refractivity contribution < 1.29 is 4.21 Å². The van der Waals surface area contributed by atoms with E-state index < -0.39 is 10.8 Å². The third-order valence-electron chi connectivity index (χ3n) is 5.49. The zero-order valence-electron chi connectivity index (χ0n) is 19.7. The van der Waals surface area contributed by atoms with Gasteiger partial charge in [0.2, 0.25) is 0 Å². The largest absolute Gasteiger partial charge is 0.399 e. The first kappa shape index (κ1) is 24.6. The lowest BCUT2D eigenvalue weighted by Gasteiger charge is -2.07. The minimum absolute atomic E-state index is 0.665. The van der Waals surface area contributed by atoms with Gasteiger partial charge in [0.05, 0.1) is 10.8 Å². The highest BCUT2D eigenvalue weighted by Gasteiger charge is 2.06. The van der Waals surface area contributed by atoms with E-state index in [1.807, 2.05) is 36.4 Å². The Hall–Kier alpha value is -4.55. The molecular weight excluding hydrogens is 464 g/mol. The summed E-state index contributed by atoms with van der Waals surface area (Å²) in [5.74, 6) is 0. The Morgan fingerprint density at radius 2 is 0.722 bits per heavy atom. The third-order valence-corrected chi connectivity index (χ3v) is 6.89. The van der Waals surface area contributed by atoms with Crippen molar-refractivity contribution in [2.75, 3.05) is 22.9 Å². The summed E-state index contributed by atoms with van der Waals surface area (Å²) < 4.78 is 12.1. The van der Waals surface area contributed by atoms with E-state index in [2.05, 4.69) is 36.4 Å². The van der Waals surface area contributed by atoms with Crippen molar-refractivity contribution >= 4 is 33.5 Å². The zero-order valence-corrected chi connectivity index (χ0v) is 20.5. The lowest BCUT2D eigenvalue weighted by atomic mass is 9.98. The van der Waals surface area contributed by atoms with Gasteiger partial charge in [-0.15, -0.1) is 0 Å². The fourth-order valence-electron chi connectivity index (χ4n) is 3.63. The minimum atomic E-state index is -1.17. The lowest BCUT2D eigenvalue weighted by Crippen LogP contribution is -1.94. The van der Waals surface area contributed by atoms with Crippen LogP contribution in [0.5, 0.6) is 0 Å². The van der Waals surface area contributed by atoms with Crippen LogP contribution < -0.4 is 22.9 Å². The van der Waals surface area contributed by atoms with E-state index >= 15 is 0 Å². The van der Waals surface area contributed by atoms with Gasteiger partial charge < -0.3 is 22.9 Å². The molecule has 36 heavy (non-hydrogen) atoms. The van der Waals surface area contributed by atoms with Crippen LogP contribution in [-0.4, -0.2) is 4.21 Å². The van der Waals surface area contributed by atoms with E-state index in [9.17, 15) is 4.21 Å². The highest BCUT2D eigenvalue weighted by molar-refractivity contribution is 7.85. The second-order valence-electron chi connectivity index (χ2n) is 8.24. The Bertz CT molecular complexity index is 1370. The van der Waals surface area contributed by atoms with Crippen molar-refractivity contribution in [2.45, 2.75) is 9.79 Å². The monoisotopic (exact) mass is 492 g/mol. The Balaban J connectivity index is 0.000000174. The molecule has 0 unspecified atom stereocenters. The first-order chi connectivity index (χ1) is 17.4. The van der Waals surface area contributed by atoms with Crippen LogP contribution in [-0.2, 0) is 10.8 Å². The molecule has 0 spiro atoms. The van der Waals surface area contributed by atoms with Gasteiger partial charge in [0, 0.05) is 32.5 Å². The summed E-state index contributed by atoms with van der Waals surface area (Å²) in [6.45, 7) is 0. The molecule has 0 amide bonds. The maximum Gasteiger partial charge on any atom is 0.0849 e. The molecular formula is C30H28N4OS. The molecule has 0 saturated carbocycles. The van der Waals surface area contributed by atoms with Crippen LogP contribution in [0.1, 0.15) is 0 Å². The number of nitrogens with two attached hydrogens (primary N) is 4. The average Bonchev–Trinajstić information content (AvgIpc) is 2.90. The number of hydrogen-bond donors (Lipinski definition) is 4. The summed E-state index contributed by atoms with van der Waals surface area (Å²) in [7, 11) is -1.17. The Morgan fingerprint density at radius 3 is 1.08 bits per heavy atom. The molecule has 0 bridgehead atoms. The number of anilines is 4. The quantitative estimate of drug-likeness (QED) is 0.222. The molecule has 0 radical (unpaired) electrons. The average molecular weight is 493 g/mol. The number of benzene rings is 5. The van der Waals surface area contributed by atoms with E-state index in [0.717, 1.165) is 43.4 Å². The summed E-state index contributed by atoms with van der Waals surface area (Å²) >= 11 is 0. The van der Waals surface area contributed by atoms with Crippen molar-refractivity contribution in [2.24, 2.45) is 0 Å². The van der Waals surface area contributed by atoms with Gasteiger partial charge in [0.15, 0.2) is 0 Å². The molecule has 0 fully saturated rings. The summed E-state index contributed by atoms with van der Waals surface area (Å²) in [4.78, 5) is 1.47. The van der Waals surface area contributed by atoms with Crippen LogP contribution in [0.4, 0.5) is 22.7 Å². The van der Waals surface area contributed by atoms with E-state index in [4.69, 9.17) is 22.9 Å². The van der Waals surface area contributed by atoms with Gasteiger partial charge >= 0.3 is 0 Å². The summed E-state index contributed by atoms with van der Waals surface area (Å²) in [5, 5.41) is 0. The maximum absolute atomic E-state index is 12.1. The van der Waals surface area contributed by atoms with Crippen molar-refractivity contribution in [3.8, 4) is 22.3 Å². The summed E-state index contributed by atoms with van der Waals surface area (Å²) in [5.41, 5.74) is 30.3. The van der Waals surface area contributed by atoms with E-state index in [1.165, 1.54) is 0 Å². The van der Waals surface area contributed by atoms with Crippen LogP contribution in [0.2, 0.25) is 0 Å². The van der Waals surface area contributed by atoms with Gasteiger partial charge in [-0.2, -0.15) is 0 Å². The summed E-state index contributed by atoms with van der Waals surface area (Å²) in [6.07, 6.45) is 0. The molecule has 0 aliphatic carbocycles. The minimum Gasteiger partial charge on any atom is -0.399 e. The Kier molecular flexibility index (Phi) is 7.68. The van der Waals surface area contributed by atoms with Crippen LogP contribution in [0, 0.1) is 0 Å². The SMILES string of the molecule is Nc1ccc(S(=O)c2ccc(N)cc2)cc1.Nc1cccc(-c2cccc(-c3cccc(N)c3)c2)c1. The van der Waals surface area contributed by atoms with Gasteiger partial charge in [0.1, 0.15) is 0 Å². The van der Waals surface area contributed by atoms with Gasteiger partial charge in [0.25, 0.3) is 0 Å². The standard InChI is InChI=1S/C18H16N2.C12H12N2OS/c19-17-8-2-6-15(11-17)13-4-1-5-14(10-13)16-7-3-9-18(20)12-16;13-9-1-5-11(6-2-9)16(15)12-7-3-10(14)4-8-12/h1-12H,19-20H2;1-8H,13-14H2. The Morgan fingerprint density at radius 1 is 0.389 bits per heavy atom. The van der Waals surface area contributed by atoms with E-state index in [1.54, 1.807) is 48.5 Å². The van der Waals surface area contributed by atoms with Crippen LogP contribution in [0.25, 0.3) is 22.3 Å². The molecule has 5 aromatic carbocycles. The van der Waals surface area contributed by atoms with Crippen molar-refractivity contribution in [1.82, 2.24) is 0 Å². The molecule has 8 N–H and O–H groups in total. The predicted molar refractivity (Wildman–Crippen MR) is 153 cm³/mol. The molecule has 0 aliphatic rings. The molecule has 5 aromatic rings.